The SMILES string of the molecule is COc1cc(C2CCNCC2)c(C)cc1Nc1ncc(Cl)c(Nc2cccnc2S(=O)(=O)C(C)C)n1. The highest BCUT2D eigenvalue weighted by Crippen LogP contribution is 2.37. The van der Waals surface area contributed by atoms with Crippen molar-refractivity contribution in [2.24, 2.45) is 0 Å². The van der Waals surface area contributed by atoms with Gasteiger partial charge in [0.1, 0.15) is 10.8 Å². The van der Waals surface area contributed by atoms with Crippen LogP contribution < -0.4 is 20.7 Å². The molecule has 0 radical (unpaired) electrons. The van der Waals surface area contributed by atoms with Gasteiger partial charge >= 0.3 is 0 Å². The van der Waals surface area contributed by atoms with Crippen LogP contribution in [0.15, 0.2) is 41.7 Å². The van der Waals surface area contributed by atoms with Gasteiger partial charge in [0.15, 0.2) is 20.7 Å². The Morgan fingerprint density at radius 3 is 2.58 bits per heavy atom. The number of piperidine rings is 1. The number of aromatic nitrogens is 3. The minimum absolute atomic E-state index is 0.0602. The van der Waals surface area contributed by atoms with E-state index >= 15 is 0 Å². The molecule has 0 amide bonds. The minimum Gasteiger partial charge on any atom is -0.495 e. The number of nitrogens with one attached hydrogen (secondary N) is 3. The summed E-state index contributed by atoms with van der Waals surface area (Å²) in [5, 5.41) is 9.19. The Balaban J connectivity index is 1.63. The maximum absolute atomic E-state index is 12.8. The summed E-state index contributed by atoms with van der Waals surface area (Å²) in [6.45, 7) is 7.34. The first-order valence-corrected chi connectivity index (χ1v) is 13.8. The lowest BCUT2D eigenvalue weighted by atomic mass is 9.87. The van der Waals surface area contributed by atoms with Crippen LogP contribution in [-0.4, -0.2) is 48.8 Å². The first kappa shape index (κ1) is 26.1. The molecule has 0 aliphatic carbocycles. The van der Waals surface area contributed by atoms with Crippen LogP contribution in [0.1, 0.15) is 43.7 Å². The molecule has 1 fully saturated rings. The van der Waals surface area contributed by atoms with Gasteiger partial charge in [-0.3, -0.25) is 0 Å². The van der Waals surface area contributed by atoms with Gasteiger partial charge in [0.2, 0.25) is 5.95 Å². The highest BCUT2D eigenvalue weighted by atomic mass is 35.5. The molecule has 1 saturated heterocycles. The molecule has 0 unspecified atom stereocenters. The topological polar surface area (TPSA) is 118 Å². The molecule has 0 spiro atoms. The van der Waals surface area contributed by atoms with E-state index < -0.39 is 15.1 Å². The Labute approximate surface area is 217 Å². The second-order valence-electron chi connectivity index (χ2n) is 9.02. The predicted molar refractivity (Wildman–Crippen MR) is 143 cm³/mol. The number of pyridine rings is 1. The van der Waals surface area contributed by atoms with Crippen molar-refractivity contribution in [1.29, 1.82) is 0 Å². The van der Waals surface area contributed by atoms with Gasteiger partial charge in [-0.15, -0.1) is 0 Å². The lowest BCUT2D eigenvalue weighted by Gasteiger charge is -2.25. The van der Waals surface area contributed by atoms with Crippen molar-refractivity contribution in [3.05, 3.63) is 52.8 Å². The van der Waals surface area contributed by atoms with Crippen molar-refractivity contribution in [3.63, 3.8) is 0 Å². The van der Waals surface area contributed by atoms with Crippen molar-refractivity contribution in [1.82, 2.24) is 20.3 Å². The number of nitrogens with zero attached hydrogens (tertiary/aromatic N) is 3. The summed E-state index contributed by atoms with van der Waals surface area (Å²) in [4.78, 5) is 12.9. The largest absolute Gasteiger partial charge is 0.495 e. The van der Waals surface area contributed by atoms with E-state index in [0.717, 1.165) is 37.2 Å². The minimum atomic E-state index is -3.62. The summed E-state index contributed by atoms with van der Waals surface area (Å²) >= 11 is 6.35. The third-order valence-electron chi connectivity index (χ3n) is 6.27. The van der Waals surface area contributed by atoms with Gasteiger partial charge in [0.25, 0.3) is 0 Å². The van der Waals surface area contributed by atoms with Crippen LogP contribution in [-0.2, 0) is 9.84 Å². The van der Waals surface area contributed by atoms with E-state index in [1.807, 2.05) is 6.07 Å². The molecular formula is C25H31ClN6O3S. The Bertz CT molecular complexity index is 1340. The van der Waals surface area contributed by atoms with E-state index in [-0.39, 0.29) is 27.5 Å². The molecule has 3 heterocycles. The average molecular weight is 531 g/mol. The van der Waals surface area contributed by atoms with E-state index in [1.54, 1.807) is 33.1 Å². The Kier molecular flexibility index (Phi) is 7.97. The van der Waals surface area contributed by atoms with Crippen LogP contribution in [0.4, 0.5) is 23.1 Å². The lowest BCUT2D eigenvalue weighted by Crippen LogP contribution is -2.27. The number of hydrogen-bond donors (Lipinski definition) is 3. The standard InChI is InChI=1S/C25H31ClN6O3S/c1-15(2)36(33,34)24-20(6-5-9-28-24)30-23-19(26)14-29-25(32-23)31-21-12-16(3)18(13-22(21)35-4)17-7-10-27-11-8-17/h5-6,9,12-15,17,27H,7-8,10-11H2,1-4H3,(H2,29,30,31,32). The predicted octanol–water partition coefficient (Wildman–Crippen LogP) is 4.98. The first-order valence-electron chi connectivity index (χ1n) is 11.9. The van der Waals surface area contributed by atoms with Gasteiger partial charge in [0.05, 0.1) is 29.9 Å². The number of anilines is 4. The van der Waals surface area contributed by atoms with Gasteiger partial charge in [-0.1, -0.05) is 11.6 Å². The zero-order valence-corrected chi connectivity index (χ0v) is 22.4. The van der Waals surface area contributed by atoms with Crippen molar-refractivity contribution < 1.29 is 13.2 Å². The summed E-state index contributed by atoms with van der Waals surface area (Å²) in [6.07, 6.45) is 5.08. The summed E-state index contributed by atoms with van der Waals surface area (Å²) in [5.41, 5.74) is 3.47. The van der Waals surface area contributed by atoms with Crippen molar-refractivity contribution >= 4 is 44.6 Å². The fraction of sp³-hybridized carbons (Fsp3) is 0.400. The highest BCUT2D eigenvalue weighted by molar-refractivity contribution is 7.92. The van der Waals surface area contributed by atoms with Gasteiger partial charge in [-0.2, -0.15) is 4.98 Å². The molecule has 1 aromatic carbocycles. The summed E-state index contributed by atoms with van der Waals surface area (Å²) in [7, 11) is -1.99. The maximum Gasteiger partial charge on any atom is 0.229 e. The van der Waals surface area contributed by atoms with Gasteiger partial charge in [-0.05, 0) is 88.0 Å². The van der Waals surface area contributed by atoms with Gasteiger partial charge < -0.3 is 20.7 Å². The number of rotatable bonds is 8. The molecule has 4 rings (SSSR count). The molecule has 0 atom stereocenters. The molecule has 1 aliphatic rings. The molecule has 1 aliphatic heterocycles. The van der Waals surface area contributed by atoms with E-state index in [0.29, 0.717) is 11.7 Å². The van der Waals surface area contributed by atoms with Crippen molar-refractivity contribution in [3.8, 4) is 5.75 Å². The molecule has 2 aromatic heterocycles. The third kappa shape index (κ3) is 5.55. The Hall–Kier alpha value is -2.95. The smallest absolute Gasteiger partial charge is 0.229 e. The fourth-order valence-corrected chi connectivity index (χ4v) is 5.46. The molecule has 11 heteroatoms. The number of methoxy groups -OCH3 is 1. The Morgan fingerprint density at radius 2 is 1.89 bits per heavy atom. The van der Waals surface area contributed by atoms with Crippen LogP contribution in [0, 0.1) is 6.92 Å². The van der Waals surface area contributed by atoms with Gasteiger partial charge in [-0.25, -0.2) is 18.4 Å². The van der Waals surface area contributed by atoms with Crippen LogP contribution in [0.2, 0.25) is 5.02 Å². The summed E-state index contributed by atoms with van der Waals surface area (Å²) < 4.78 is 31.2. The van der Waals surface area contributed by atoms with Crippen LogP contribution in [0.3, 0.4) is 0 Å². The summed E-state index contributed by atoms with van der Waals surface area (Å²) in [6, 6.07) is 7.39. The maximum atomic E-state index is 12.8. The molecule has 3 aromatic rings. The number of ether oxygens (including phenoxy) is 1. The van der Waals surface area contributed by atoms with E-state index in [1.165, 1.54) is 18.0 Å². The van der Waals surface area contributed by atoms with Crippen LogP contribution in [0.25, 0.3) is 0 Å². The summed E-state index contributed by atoms with van der Waals surface area (Å²) in [5.74, 6) is 1.73. The quantitative estimate of drug-likeness (QED) is 0.370. The second-order valence-corrected chi connectivity index (χ2v) is 11.9. The fourth-order valence-electron chi connectivity index (χ4n) is 4.24. The number of aryl methyl sites for hydroxylation is 1. The zero-order chi connectivity index (χ0) is 25.9. The molecule has 192 valence electrons. The molecule has 9 nitrogen and oxygen atoms in total. The average Bonchev–Trinajstić information content (AvgIpc) is 2.87. The molecule has 0 bridgehead atoms. The number of hydrogen-bond acceptors (Lipinski definition) is 9. The van der Waals surface area contributed by atoms with Crippen molar-refractivity contribution in [2.45, 2.75) is 49.8 Å². The van der Waals surface area contributed by atoms with Crippen LogP contribution >= 0.6 is 11.6 Å². The highest BCUT2D eigenvalue weighted by Gasteiger charge is 2.25. The zero-order valence-electron chi connectivity index (χ0n) is 20.8. The first-order chi connectivity index (χ1) is 17.2. The van der Waals surface area contributed by atoms with Gasteiger partial charge in [0, 0.05) is 6.20 Å². The van der Waals surface area contributed by atoms with E-state index in [4.69, 9.17) is 16.3 Å². The lowest BCUT2D eigenvalue weighted by molar-refractivity contribution is 0.413. The Morgan fingerprint density at radius 1 is 1.14 bits per heavy atom. The third-order valence-corrected chi connectivity index (χ3v) is 8.65. The van der Waals surface area contributed by atoms with E-state index in [2.05, 4.69) is 43.9 Å². The normalized spacial score (nSPS) is 14.6. The molecule has 3 N–H and O–H groups in total. The molecular weight excluding hydrogens is 500 g/mol. The monoisotopic (exact) mass is 530 g/mol. The number of halogens is 1. The number of sulfone groups is 1. The van der Waals surface area contributed by atoms with Crippen molar-refractivity contribution in [2.75, 3.05) is 30.8 Å². The molecule has 0 saturated carbocycles. The number of benzene rings is 1. The molecule has 36 heavy (non-hydrogen) atoms. The second kappa shape index (κ2) is 11.0. The van der Waals surface area contributed by atoms with Crippen LogP contribution in [0.5, 0.6) is 5.75 Å². The van der Waals surface area contributed by atoms with E-state index in [9.17, 15) is 8.42 Å².